The first-order valence-electron chi connectivity index (χ1n) is 36.5. The van der Waals surface area contributed by atoms with Gasteiger partial charge in [-0.15, -0.1) is 23.7 Å². The highest BCUT2D eigenvalue weighted by molar-refractivity contribution is 7.10. The Bertz CT molecular complexity index is 5150. The fourth-order valence-corrected chi connectivity index (χ4v) is 16.3. The monoisotopic (exact) mass is 1660 g/mol. The number of carbonyl (C=O) groups excluding carboxylic acids is 5. The van der Waals surface area contributed by atoms with E-state index >= 15 is 0 Å². The van der Waals surface area contributed by atoms with Gasteiger partial charge in [-0.25, -0.2) is 14.8 Å². The molecule has 8 heterocycles. The number of phenolic OH excluding ortho intramolecular Hbond substituents is 3. The summed E-state index contributed by atoms with van der Waals surface area (Å²) in [5.74, 6) is -7.19. The van der Waals surface area contributed by atoms with Crippen LogP contribution in [0, 0.1) is 11.8 Å². The number of cyclic esters (lactones) is 1. The van der Waals surface area contributed by atoms with Crippen molar-refractivity contribution in [1.82, 2.24) is 25.3 Å². The van der Waals surface area contributed by atoms with Gasteiger partial charge in [0, 0.05) is 71.5 Å². The molecule has 0 radical (unpaired) electrons. The zero-order valence-electron chi connectivity index (χ0n) is 62.9. The maximum Gasteiger partial charge on any atom is 0.326 e. The molecular weight excluding hydrogens is 1580 g/mol. The number of aliphatic hydroxyl groups excluding tert-OH is 3. The van der Waals surface area contributed by atoms with Gasteiger partial charge in [0.25, 0.3) is 5.91 Å². The van der Waals surface area contributed by atoms with E-state index in [2.05, 4.69) is 30.6 Å². The highest BCUT2D eigenvalue weighted by Crippen LogP contribution is 2.58. The van der Waals surface area contributed by atoms with Crippen LogP contribution in [0.15, 0.2) is 90.4 Å². The number of nitrogens with zero attached hydrogens (tertiary/aromatic N) is 4. The number of halogens is 1. The maximum atomic E-state index is 13.6. The molecule has 4 saturated heterocycles. The lowest BCUT2D eigenvalue weighted by atomic mass is 9.66. The van der Waals surface area contributed by atoms with Crippen molar-refractivity contribution in [2.75, 3.05) is 58.1 Å². The van der Waals surface area contributed by atoms with Crippen molar-refractivity contribution < 1.29 is 136 Å². The van der Waals surface area contributed by atoms with Crippen molar-refractivity contribution in [3.63, 3.8) is 0 Å². The summed E-state index contributed by atoms with van der Waals surface area (Å²) in [7, 11) is 4.20. The highest BCUT2D eigenvalue weighted by Gasteiger charge is 2.57. The van der Waals surface area contributed by atoms with E-state index in [9.17, 15) is 69.3 Å². The predicted octanol–water partition coefficient (Wildman–Crippen LogP) is 4.45. The zero-order valence-corrected chi connectivity index (χ0v) is 64.5. The Balaban J connectivity index is 0.000000155. The normalized spacial score (nSPS) is 26.5. The molecule has 5 aliphatic heterocycles. The second kappa shape index (κ2) is 34.1. The number of carboxylic acid groups (broad SMARTS) is 2. The molecule has 17 atom stereocenters. The van der Waals surface area contributed by atoms with E-state index in [1.165, 1.54) is 76.1 Å². The van der Waals surface area contributed by atoms with E-state index in [1.807, 2.05) is 23.6 Å². The summed E-state index contributed by atoms with van der Waals surface area (Å²) in [5.41, 5.74) is 18.4. The summed E-state index contributed by atoms with van der Waals surface area (Å²) in [6, 6.07) is 19.4. The van der Waals surface area contributed by atoms with E-state index < -0.39 is 173 Å². The van der Waals surface area contributed by atoms with Crippen LogP contribution in [0.3, 0.4) is 0 Å². The number of carbonyl (C=O) groups is 7. The molecule has 1 amide bonds. The Morgan fingerprint density at radius 3 is 2.13 bits per heavy atom. The topological polar surface area (TPSA) is 566 Å². The van der Waals surface area contributed by atoms with Gasteiger partial charge in [-0.3, -0.25) is 28.8 Å². The van der Waals surface area contributed by atoms with Gasteiger partial charge in [0.15, 0.2) is 70.4 Å². The Kier molecular flexibility index (Phi) is 24.4. The molecule has 17 N–H and O–H groups in total. The second-order valence-corrected chi connectivity index (χ2v) is 29.6. The number of Topliss-reactive ketones (excluding diaryl/α,β-unsaturated/α-hetero) is 1. The number of ether oxygens (including phenoxy) is 12. The summed E-state index contributed by atoms with van der Waals surface area (Å²) < 4.78 is 69.6. The van der Waals surface area contributed by atoms with Crippen molar-refractivity contribution in [1.29, 1.82) is 0 Å². The summed E-state index contributed by atoms with van der Waals surface area (Å²) in [5, 5.41) is 102. The highest BCUT2D eigenvalue weighted by atomic mass is 35.5. The van der Waals surface area contributed by atoms with Crippen LogP contribution in [0.25, 0.3) is 11.2 Å². The van der Waals surface area contributed by atoms with Crippen molar-refractivity contribution in [3.8, 4) is 46.0 Å². The summed E-state index contributed by atoms with van der Waals surface area (Å²) in [4.78, 5) is 104. The molecule has 620 valence electrons. The molecule has 3 aromatic heterocycles. The number of aliphatic carboxylic acids is 2. The molecule has 16 rings (SSSR count). The van der Waals surface area contributed by atoms with Gasteiger partial charge in [0.1, 0.15) is 53.3 Å². The molecule has 8 aliphatic rings. The standard InChI is InChI=1S/C32H32O13S.C27H29NO10.C19H20N8O5.ClH/c1-37-19-6-13(7-20(38-2)25(19)33)23-14-8-17-18(42-12-41-17)9-15(14)28(16-10-39-30(36)24(16)23)44-32-27(35)26(34)29-21(43-32)11-40-31(45-29)22-4-3-5-46-22;1-10-22(30)14(28)7-17(37-10)38-16-9-27(35,11(2)29)8-13-19(16)26(34)21-20(24(13)32)23(31)12-5-4-6-15(36-3)18(12)25(21)33;20-15-14-16(27-19(21)26-15)23-8-11(24-14)7-22-10-3-1-9(2-4-10)17(30)25-12(18(31)32)5-6-13(28)29;/h3-9,16,21,23-24,26-29,31-35H,10-12H2,1-2H3;4-6,10,14,16-17,22,30,32,34-35H,7-9,28H2,1-3H3;1-4,8,12,22H,5-7H2,(H,25,30)(H,28,29)(H,31,32)(H4,20,21,23,26,27);1H/t16-,21+,23+,24-,26+,27+,28+,29+,31?,32-;10?,14?,16-,17?,22?,27-;;/m00../s1. The number of esters is 1. The summed E-state index contributed by atoms with van der Waals surface area (Å²) in [6.45, 7) is 3.26. The number of fused-ring (bicyclic) bond motifs is 8. The Morgan fingerprint density at radius 2 is 1.47 bits per heavy atom. The van der Waals surface area contributed by atoms with Crippen molar-refractivity contribution in [3.05, 3.63) is 157 Å². The predicted molar refractivity (Wildman–Crippen MR) is 407 cm³/mol. The van der Waals surface area contributed by atoms with Crippen molar-refractivity contribution in [2.24, 2.45) is 17.6 Å². The number of rotatable bonds is 19. The number of amides is 1. The smallest absolute Gasteiger partial charge is 0.326 e. The maximum absolute atomic E-state index is 13.6. The minimum absolute atomic E-state index is 0. The van der Waals surface area contributed by atoms with Gasteiger partial charge in [-0.2, -0.15) is 9.97 Å². The number of benzene rings is 5. The number of nitrogen functional groups attached to an aromatic ring is 2. The quantitative estimate of drug-likeness (QED) is 0.0393. The second-order valence-electron chi connectivity index (χ2n) is 28.6. The molecule has 0 saturated carbocycles. The molecule has 0 bridgehead atoms. The molecular formula is C78H82ClN9O28S. The van der Waals surface area contributed by atoms with Crippen LogP contribution in [-0.2, 0) is 65.3 Å². The van der Waals surface area contributed by atoms with Gasteiger partial charge >= 0.3 is 17.9 Å². The molecule has 5 aromatic carbocycles. The number of phenols is 3. The number of thiophene rings is 1. The third-order valence-corrected chi connectivity index (χ3v) is 22.4. The zero-order chi connectivity index (χ0) is 82.6. The lowest BCUT2D eigenvalue weighted by Crippen LogP contribution is -2.62. The number of carboxylic acids is 2. The van der Waals surface area contributed by atoms with Crippen molar-refractivity contribution in [2.45, 2.75) is 144 Å². The first-order valence-corrected chi connectivity index (χ1v) is 37.4. The first-order chi connectivity index (χ1) is 55.5. The molecule has 39 heteroatoms. The largest absolute Gasteiger partial charge is 0.507 e. The van der Waals surface area contributed by atoms with E-state index in [0.29, 0.717) is 51.6 Å². The fourth-order valence-electron chi connectivity index (χ4n) is 15.6. The van der Waals surface area contributed by atoms with Gasteiger partial charge < -0.3 is 131 Å². The Morgan fingerprint density at radius 1 is 0.769 bits per heavy atom. The number of hydrogen-bond acceptors (Lipinski definition) is 35. The number of methoxy groups -OCH3 is 3. The van der Waals surface area contributed by atoms with Crippen LogP contribution in [0.1, 0.15) is 145 Å². The minimum atomic E-state index is -2.00. The number of aromatic nitrogens is 4. The number of aliphatic hydroxyl groups is 4. The Hall–Kier alpha value is -11.2. The van der Waals surface area contributed by atoms with Crippen LogP contribution in [0.2, 0.25) is 0 Å². The van der Waals surface area contributed by atoms with Gasteiger partial charge in [0.2, 0.25) is 24.3 Å². The molecule has 4 fully saturated rings. The lowest BCUT2D eigenvalue weighted by Gasteiger charge is -2.48. The van der Waals surface area contributed by atoms with Gasteiger partial charge in [-0.1, -0.05) is 18.2 Å². The Labute approximate surface area is 674 Å². The van der Waals surface area contributed by atoms with E-state index in [0.717, 1.165) is 4.88 Å². The summed E-state index contributed by atoms with van der Waals surface area (Å²) >= 11 is 1.46. The van der Waals surface area contributed by atoms with Gasteiger partial charge in [-0.05, 0) is 103 Å². The van der Waals surface area contributed by atoms with E-state index in [1.54, 1.807) is 37.3 Å². The van der Waals surface area contributed by atoms with Gasteiger partial charge in [0.05, 0.1) is 105 Å². The minimum Gasteiger partial charge on any atom is -0.507 e. The molecule has 6 unspecified atom stereocenters. The average molecular weight is 1660 g/mol. The third kappa shape index (κ3) is 16.3. The van der Waals surface area contributed by atoms with E-state index in [4.69, 9.17) is 84.3 Å². The first kappa shape index (κ1) is 83.7. The van der Waals surface area contributed by atoms with Crippen LogP contribution < -0.4 is 51.5 Å². The number of nitrogens with one attached hydrogen (secondary N) is 2. The molecule has 0 spiro atoms. The summed E-state index contributed by atoms with van der Waals surface area (Å²) in [6.07, 6.45) is -10.8. The van der Waals surface area contributed by atoms with Crippen LogP contribution >= 0.6 is 23.7 Å². The van der Waals surface area contributed by atoms with Crippen molar-refractivity contribution >= 4 is 93.5 Å². The molecule has 117 heavy (non-hydrogen) atoms. The van der Waals surface area contributed by atoms with Crippen LogP contribution in [0.4, 0.5) is 17.5 Å². The number of ketones is 3. The third-order valence-electron chi connectivity index (χ3n) is 21.5. The molecule has 8 aromatic rings. The number of hydrogen-bond donors (Lipinski definition) is 14. The number of aromatic hydroxyl groups is 3. The molecule has 3 aliphatic carbocycles. The fraction of sp³-hybridized carbons (Fsp3) is 0.397. The number of anilines is 3. The molecule has 37 nitrogen and oxygen atoms in total. The lowest BCUT2D eigenvalue weighted by molar-refractivity contribution is -0.368. The average Bonchev–Trinajstić information content (AvgIpc) is 1.61. The number of nitrogens with two attached hydrogens (primary N) is 3. The van der Waals surface area contributed by atoms with Crippen LogP contribution in [0.5, 0.6) is 46.0 Å². The SMILES string of the molecule is COc1cc([C@@H]2c3cc4c(cc3[C@@H](O[C@@H]3O[C@@H]5COC(c6cccs6)O[C@H]5[C@H](O)[C@H]3O)[C@H]3COC(=O)[C@H]23)OCO4)cc(OC)c1O.COc1cccc2c1C(=O)c1c(O)c3c(c(O)c1C2=O)C[C@@](O)(C(C)=O)C[C@@H]3OC1CC(N)C(O)C(C)O1.Cl.Nc1nc(N)c2nc(CNc3ccc(C(=O)NC(CCC(=O)O)C(=O)O)cc3)cnc2n1. The van der Waals surface area contributed by atoms with E-state index in [-0.39, 0.29) is 126 Å². The van der Waals surface area contributed by atoms with Crippen LogP contribution in [-0.4, -0.2) is 215 Å².